The van der Waals surface area contributed by atoms with Gasteiger partial charge in [0, 0.05) is 17.6 Å². The van der Waals surface area contributed by atoms with Crippen molar-refractivity contribution in [3.05, 3.63) is 77.6 Å². The van der Waals surface area contributed by atoms with Crippen molar-refractivity contribution >= 4 is 23.2 Å². The highest BCUT2D eigenvalue weighted by Crippen LogP contribution is 2.17. The summed E-state index contributed by atoms with van der Waals surface area (Å²) in [5.41, 5.74) is 3.95. The van der Waals surface area contributed by atoms with Crippen LogP contribution in [0.3, 0.4) is 0 Å². The van der Waals surface area contributed by atoms with Gasteiger partial charge in [-0.05, 0) is 50.6 Å². The number of aromatic nitrogens is 2. The summed E-state index contributed by atoms with van der Waals surface area (Å²) in [7, 11) is 0. The lowest BCUT2D eigenvalue weighted by Gasteiger charge is -2.15. The summed E-state index contributed by atoms with van der Waals surface area (Å²) >= 11 is 0. The van der Waals surface area contributed by atoms with E-state index in [-0.39, 0.29) is 17.5 Å². The highest BCUT2D eigenvalue weighted by Gasteiger charge is 2.21. The zero-order valence-electron chi connectivity index (χ0n) is 16.3. The van der Waals surface area contributed by atoms with Crippen molar-refractivity contribution in [3.63, 3.8) is 0 Å². The molecule has 0 unspecified atom stereocenters. The van der Waals surface area contributed by atoms with Gasteiger partial charge in [0.2, 0.25) is 5.91 Å². The molecule has 3 aromatic rings. The summed E-state index contributed by atoms with van der Waals surface area (Å²) < 4.78 is 1.54. The standard InChI is InChI=1S/C22H24N4O2/c1-4-20(22(28)24-18-11-7-16(3)8-12-18)26-14-13-19(25-26)21(27)23-17-9-5-15(2)6-10-17/h5-14,20H,4H2,1-3H3,(H,23,27)(H,24,28)/t20-/m1/s1. The van der Waals surface area contributed by atoms with Gasteiger partial charge in [-0.3, -0.25) is 14.3 Å². The molecule has 2 aromatic carbocycles. The molecule has 0 aliphatic rings. The minimum atomic E-state index is -0.498. The largest absolute Gasteiger partial charge is 0.324 e. The van der Waals surface area contributed by atoms with Gasteiger partial charge in [0.05, 0.1) is 0 Å². The van der Waals surface area contributed by atoms with Crippen molar-refractivity contribution in [2.45, 2.75) is 33.2 Å². The maximum absolute atomic E-state index is 12.7. The van der Waals surface area contributed by atoms with Crippen molar-refractivity contribution in [2.24, 2.45) is 0 Å². The molecule has 144 valence electrons. The fourth-order valence-corrected chi connectivity index (χ4v) is 2.82. The molecule has 2 N–H and O–H groups in total. The molecule has 1 aromatic heterocycles. The summed E-state index contributed by atoms with van der Waals surface area (Å²) in [4.78, 5) is 25.1. The normalized spacial score (nSPS) is 11.7. The highest BCUT2D eigenvalue weighted by molar-refractivity contribution is 6.02. The first-order chi connectivity index (χ1) is 13.5. The predicted octanol–water partition coefficient (Wildman–Crippen LogP) is 4.34. The molecule has 0 aliphatic heterocycles. The van der Waals surface area contributed by atoms with Crippen molar-refractivity contribution < 1.29 is 9.59 Å². The zero-order valence-corrected chi connectivity index (χ0v) is 16.3. The lowest BCUT2D eigenvalue weighted by Crippen LogP contribution is -2.26. The summed E-state index contributed by atoms with van der Waals surface area (Å²) in [6.45, 7) is 5.89. The lowest BCUT2D eigenvalue weighted by molar-refractivity contribution is -0.119. The molecule has 0 radical (unpaired) electrons. The average molecular weight is 376 g/mol. The Labute approximate surface area is 164 Å². The second kappa shape index (κ2) is 8.52. The molecule has 0 aliphatic carbocycles. The average Bonchev–Trinajstić information content (AvgIpc) is 3.16. The van der Waals surface area contributed by atoms with Gasteiger partial charge >= 0.3 is 0 Å². The van der Waals surface area contributed by atoms with Crippen LogP contribution in [0.25, 0.3) is 0 Å². The minimum Gasteiger partial charge on any atom is -0.324 e. The van der Waals surface area contributed by atoms with E-state index in [0.29, 0.717) is 12.1 Å². The smallest absolute Gasteiger partial charge is 0.276 e. The van der Waals surface area contributed by atoms with Gasteiger partial charge in [0.1, 0.15) is 6.04 Å². The first-order valence-corrected chi connectivity index (χ1v) is 9.27. The molecule has 0 saturated carbocycles. The van der Waals surface area contributed by atoms with Crippen LogP contribution in [0.2, 0.25) is 0 Å². The van der Waals surface area contributed by atoms with E-state index in [1.807, 2.05) is 69.3 Å². The number of rotatable bonds is 6. The van der Waals surface area contributed by atoms with E-state index in [2.05, 4.69) is 15.7 Å². The Morgan fingerprint density at radius 3 is 1.96 bits per heavy atom. The van der Waals surface area contributed by atoms with E-state index < -0.39 is 6.04 Å². The highest BCUT2D eigenvalue weighted by atomic mass is 16.2. The molecular formula is C22H24N4O2. The van der Waals surface area contributed by atoms with Gasteiger partial charge in [-0.25, -0.2) is 0 Å². The summed E-state index contributed by atoms with van der Waals surface area (Å²) in [6, 6.07) is 16.3. The molecule has 6 heteroatoms. The topological polar surface area (TPSA) is 76.0 Å². The Hall–Kier alpha value is -3.41. The van der Waals surface area contributed by atoms with Crippen molar-refractivity contribution in [1.82, 2.24) is 9.78 Å². The SMILES string of the molecule is CC[C@H](C(=O)Nc1ccc(C)cc1)n1ccc(C(=O)Nc2ccc(C)cc2)n1. The Kier molecular flexibility index (Phi) is 5.89. The van der Waals surface area contributed by atoms with E-state index in [4.69, 9.17) is 0 Å². The molecule has 28 heavy (non-hydrogen) atoms. The Bertz CT molecular complexity index is 959. The lowest BCUT2D eigenvalue weighted by atomic mass is 10.2. The van der Waals surface area contributed by atoms with Gasteiger partial charge in [0.15, 0.2) is 5.69 Å². The molecule has 0 bridgehead atoms. The van der Waals surface area contributed by atoms with Crippen molar-refractivity contribution in [1.29, 1.82) is 0 Å². The maximum atomic E-state index is 12.7. The number of benzene rings is 2. The second-order valence-corrected chi connectivity index (χ2v) is 6.78. The Morgan fingerprint density at radius 1 is 0.893 bits per heavy atom. The van der Waals surface area contributed by atoms with Crippen LogP contribution in [0, 0.1) is 13.8 Å². The molecule has 0 saturated heterocycles. The number of nitrogens with one attached hydrogen (secondary N) is 2. The summed E-state index contributed by atoms with van der Waals surface area (Å²) in [6.07, 6.45) is 2.21. The molecule has 3 rings (SSSR count). The van der Waals surface area contributed by atoms with Gasteiger partial charge in [-0.15, -0.1) is 0 Å². The number of anilines is 2. The van der Waals surface area contributed by atoms with Crippen LogP contribution < -0.4 is 10.6 Å². The third kappa shape index (κ3) is 4.65. The number of aryl methyl sites for hydroxylation is 2. The first-order valence-electron chi connectivity index (χ1n) is 9.27. The van der Waals surface area contributed by atoms with E-state index >= 15 is 0 Å². The quantitative estimate of drug-likeness (QED) is 0.672. The monoisotopic (exact) mass is 376 g/mol. The van der Waals surface area contributed by atoms with Crippen molar-refractivity contribution in [3.8, 4) is 0 Å². The number of nitrogens with zero attached hydrogens (tertiary/aromatic N) is 2. The fourth-order valence-electron chi connectivity index (χ4n) is 2.82. The second-order valence-electron chi connectivity index (χ2n) is 6.78. The molecule has 0 spiro atoms. The van der Waals surface area contributed by atoms with E-state index in [1.54, 1.807) is 12.3 Å². The molecule has 2 amide bonds. The van der Waals surface area contributed by atoms with Crippen LogP contribution >= 0.6 is 0 Å². The number of carbonyl (C=O) groups is 2. The Morgan fingerprint density at radius 2 is 1.43 bits per heavy atom. The number of hydrogen-bond donors (Lipinski definition) is 2. The van der Waals surface area contributed by atoms with Crippen molar-refractivity contribution in [2.75, 3.05) is 10.6 Å². The first kappa shape index (κ1) is 19.4. The molecular weight excluding hydrogens is 352 g/mol. The molecule has 1 heterocycles. The van der Waals surface area contributed by atoms with Crippen LogP contribution in [-0.2, 0) is 4.79 Å². The molecule has 6 nitrogen and oxygen atoms in total. The van der Waals surface area contributed by atoms with E-state index in [9.17, 15) is 9.59 Å². The number of hydrogen-bond acceptors (Lipinski definition) is 3. The van der Waals surface area contributed by atoms with Crippen LogP contribution in [0.1, 0.15) is 41.0 Å². The van der Waals surface area contributed by atoms with Crippen LogP contribution in [0.4, 0.5) is 11.4 Å². The van der Waals surface area contributed by atoms with Gasteiger partial charge in [-0.1, -0.05) is 42.3 Å². The zero-order chi connectivity index (χ0) is 20.1. The maximum Gasteiger partial charge on any atom is 0.276 e. The van der Waals surface area contributed by atoms with E-state index in [0.717, 1.165) is 16.8 Å². The van der Waals surface area contributed by atoms with E-state index in [1.165, 1.54) is 4.68 Å². The van der Waals surface area contributed by atoms with Gasteiger partial charge in [0.25, 0.3) is 5.91 Å². The molecule has 1 atom stereocenters. The number of amides is 2. The number of carbonyl (C=O) groups excluding carboxylic acids is 2. The summed E-state index contributed by atoms with van der Waals surface area (Å²) in [5.74, 6) is -0.476. The molecule has 0 fully saturated rings. The van der Waals surface area contributed by atoms with Crippen LogP contribution in [-0.4, -0.2) is 21.6 Å². The van der Waals surface area contributed by atoms with Gasteiger partial charge < -0.3 is 10.6 Å². The van der Waals surface area contributed by atoms with Crippen LogP contribution in [0.5, 0.6) is 0 Å². The summed E-state index contributed by atoms with van der Waals surface area (Å²) in [5, 5.41) is 10.0. The third-order valence-corrected chi connectivity index (χ3v) is 4.48. The van der Waals surface area contributed by atoms with Gasteiger partial charge in [-0.2, -0.15) is 5.10 Å². The van der Waals surface area contributed by atoms with Crippen LogP contribution in [0.15, 0.2) is 60.8 Å². The predicted molar refractivity (Wildman–Crippen MR) is 110 cm³/mol. The minimum absolute atomic E-state index is 0.167. The fraction of sp³-hybridized carbons (Fsp3) is 0.227. The Balaban J connectivity index is 1.69. The third-order valence-electron chi connectivity index (χ3n) is 4.48.